The fourth-order valence-corrected chi connectivity index (χ4v) is 3.88. The first-order chi connectivity index (χ1) is 10.5. The van der Waals surface area contributed by atoms with Gasteiger partial charge in [0.15, 0.2) is 4.96 Å². The van der Waals surface area contributed by atoms with Crippen LogP contribution in [-0.2, 0) is 6.42 Å². The van der Waals surface area contributed by atoms with Gasteiger partial charge in [-0.3, -0.25) is 4.40 Å². The molecule has 116 valence electrons. The molecule has 0 aliphatic rings. The number of imidazole rings is 1. The Morgan fingerprint density at radius 3 is 2.55 bits per heavy atom. The van der Waals surface area contributed by atoms with E-state index in [-0.39, 0.29) is 5.82 Å². The summed E-state index contributed by atoms with van der Waals surface area (Å²) in [6.45, 7) is 6.97. The van der Waals surface area contributed by atoms with Gasteiger partial charge in [-0.1, -0.05) is 13.8 Å². The maximum atomic E-state index is 13.2. The molecule has 5 heteroatoms. The zero-order valence-corrected chi connectivity index (χ0v) is 13.9. The third kappa shape index (κ3) is 2.44. The minimum absolute atomic E-state index is 0.219. The van der Waals surface area contributed by atoms with Gasteiger partial charge in [0.25, 0.3) is 0 Å². The smallest absolute Gasteiger partial charge is 0.194 e. The minimum Gasteiger partial charge on any atom is -0.330 e. The molecule has 0 atom stereocenters. The van der Waals surface area contributed by atoms with Gasteiger partial charge in [-0.05, 0) is 49.2 Å². The van der Waals surface area contributed by atoms with Gasteiger partial charge in [0, 0.05) is 17.0 Å². The van der Waals surface area contributed by atoms with E-state index >= 15 is 0 Å². The van der Waals surface area contributed by atoms with Gasteiger partial charge in [-0.25, -0.2) is 9.37 Å². The van der Waals surface area contributed by atoms with E-state index in [1.165, 1.54) is 22.7 Å². The van der Waals surface area contributed by atoms with E-state index in [1.807, 2.05) is 12.1 Å². The fourth-order valence-electron chi connectivity index (χ4n) is 2.87. The number of aromatic nitrogens is 2. The molecule has 0 spiro atoms. The molecule has 1 aromatic carbocycles. The van der Waals surface area contributed by atoms with E-state index in [9.17, 15) is 4.39 Å². The standard InChI is InChI=1S/C17H20FN3S/c1-10(2)15-14(8-9-19)21-16(11(3)22-17(21)20-15)12-4-6-13(18)7-5-12/h4-7,10H,8-9,19H2,1-3H3. The molecular weight excluding hydrogens is 297 g/mol. The van der Waals surface area contributed by atoms with Crippen molar-refractivity contribution in [1.29, 1.82) is 0 Å². The minimum atomic E-state index is -0.219. The van der Waals surface area contributed by atoms with E-state index in [4.69, 9.17) is 10.7 Å². The van der Waals surface area contributed by atoms with Crippen LogP contribution in [-0.4, -0.2) is 15.9 Å². The number of nitrogens with zero attached hydrogens (tertiary/aromatic N) is 2. The highest BCUT2D eigenvalue weighted by Gasteiger charge is 2.21. The first kappa shape index (κ1) is 15.2. The molecule has 3 aromatic rings. The van der Waals surface area contributed by atoms with Crippen molar-refractivity contribution in [1.82, 2.24) is 9.38 Å². The predicted octanol–water partition coefficient (Wildman–Crippen LogP) is 4.13. The highest BCUT2D eigenvalue weighted by molar-refractivity contribution is 7.17. The van der Waals surface area contributed by atoms with Crippen LogP contribution >= 0.6 is 11.3 Å². The fraction of sp³-hybridized carbons (Fsp3) is 0.353. The van der Waals surface area contributed by atoms with Crippen LogP contribution in [0.1, 0.15) is 36.0 Å². The molecule has 0 bridgehead atoms. The van der Waals surface area contributed by atoms with Gasteiger partial charge >= 0.3 is 0 Å². The maximum Gasteiger partial charge on any atom is 0.194 e. The monoisotopic (exact) mass is 317 g/mol. The summed E-state index contributed by atoms with van der Waals surface area (Å²) >= 11 is 1.67. The van der Waals surface area contributed by atoms with Crippen LogP contribution in [0.5, 0.6) is 0 Å². The summed E-state index contributed by atoms with van der Waals surface area (Å²) in [4.78, 5) is 6.98. The average molecular weight is 317 g/mol. The number of benzene rings is 1. The van der Waals surface area contributed by atoms with Crippen molar-refractivity contribution in [3.05, 3.63) is 46.3 Å². The zero-order valence-electron chi connectivity index (χ0n) is 13.1. The van der Waals surface area contributed by atoms with Gasteiger partial charge in [-0.2, -0.15) is 0 Å². The molecule has 0 aliphatic carbocycles. The highest BCUT2D eigenvalue weighted by atomic mass is 32.1. The van der Waals surface area contributed by atoms with Crippen molar-refractivity contribution < 1.29 is 4.39 Å². The number of rotatable bonds is 4. The van der Waals surface area contributed by atoms with Gasteiger partial charge in [0.2, 0.25) is 0 Å². The van der Waals surface area contributed by atoms with Gasteiger partial charge in [0.05, 0.1) is 11.4 Å². The van der Waals surface area contributed by atoms with Crippen LogP contribution in [0.25, 0.3) is 16.2 Å². The lowest BCUT2D eigenvalue weighted by Crippen LogP contribution is -2.08. The lowest BCUT2D eigenvalue weighted by atomic mass is 10.1. The number of hydrogen-bond donors (Lipinski definition) is 1. The Morgan fingerprint density at radius 2 is 1.95 bits per heavy atom. The van der Waals surface area contributed by atoms with Crippen LogP contribution < -0.4 is 5.73 Å². The quantitative estimate of drug-likeness (QED) is 0.786. The van der Waals surface area contributed by atoms with E-state index in [2.05, 4.69) is 25.2 Å². The van der Waals surface area contributed by atoms with Crippen molar-refractivity contribution in [2.24, 2.45) is 5.73 Å². The second-order valence-corrected chi connectivity index (χ2v) is 6.95. The number of halogens is 1. The van der Waals surface area contributed by atoms with E-state index in [1.54, 1.807) is 11.3 Å². The van der Waals surface area contributed by atoms with Crippen LogP contribution in [0.4, 0.5) is 4.39 Å². The Bertz CT molecular complexity index is 800. The van der Waals surface area contributed by atoms with Crippen LogP contribution in [0, 0.1) is 12.7 Å². The molecule has 22 heavy (non-hydrogen) atoms. The van der Waals surface area contributed by atoms with Crippen LogP contribution in [0.3, 0.4) is 0 Å². The summed E-state index contributed by atoms with van der Waals surface area (Å²) in [7, 11) is 0. The average Bonchev–Trinajstić information content (AvgIpc) is 2.96. The molecule has 0 saturated heterocycles. The summed E-state index contributed by atoms with van der Waals surface area (Å²) in [6, 6.07) is 6.65. The molecule has 2 heterocycles. The van der Waals surface area contributed by atoms with Crippen molar-refractivity contribution in [2.75, 3.05) is 6.54 Å². The molecule has 2 aromatic heterocycles. The van der Waals surface area contributed by atoms with Crippen LogP contribution in [0.2, 0.25) is 0 Å². The van der Waals surface area contributed by atoms with E-state index < -0.39 is 0 Å². The molecule has 0 amide bonds. The Labute approximate surface area is 133 Å². The summed E-state index contributed by atoms with van der Waals surface area (Å²) in [5.74, 6) is 0.138. The third-order valence-corrected chi connectivity index (χ3v) is 4.78. The first-order valence-corrected chi connectivity index (χ1v) is 8.31. The number of nitrogens with two attached hydrogens (primary N) is 1. The lowest BCUT2D eigenvalue weighted by molar-refractivity contribution is 0.628. The summed E-state index contributed by atoms with van der Waals surface area (Å²) in [5.41, 5.74) is 10.2. The normalized spacial score (nSPS) is 11.7. The topological polar surface area (TPSA) is 43.3 Å². The molecule has 0 saturated carbocycles. The zero-order chi connectivity index (χ0) is 15.9. The van der Waals surface area contributed by atoms with E-state index in [0.717, 1.165) is 28.3 Å². The number of thiazole rings is 1. The van der Waals surface area contributed by atoms with Crippen molar-refractivity contribution >= 4 is 16.3 Å². The molecule has 2 N–H and O–H groups in total. The van der Waals surface area contributed by atoms with Gasteiger partial charge < -0.3 is 5.73 Å². The number of fused-ring (bicyclic) bond motifs is 1. The number of hydrogen-bond acceptors (Lipinski definition) is 3. The summed E-state index contributed by atoms with van der Waals surface area (Å²) in [5, 5.41) is 0. The molecule has 0 unspecified atom stereocenters. The molecule has 0 aliphatic heterocycles. The summed E-state index contributed by atoms with van der Waals surface area (Å²) in [6.07, 6.45) is 0.791. The van der Waals surface area contributed by atoms with Gasteiger partial charge in [0.1, 0.15) is 5.82 Å². The third-order valence-electron chi connectivity index (χ3n) is 3.82. The predicted molar refractivity (Wildman–Crippen MR) is 90.0 cm³/mol. The second-order valence-electron chi connectivity index (χ2n) is 5.77. The Morgan fingerprint density at radius 1 is 1.27 bits per heavy atom. The first-order valence-electron chi connectivity index (χ1n) is 7.49. The van der Waals surface area contributed by atoms with E-state index in [0.29, 0.717) is 12.5 Å². The molecular formula is C17H20FN3S. The second kappa shape index (κ2) is 5.82. The number of aryl methyl sites for hydroxylation is 1. The molecule has 0 fully saturated rings. The largest absolute Gasteiger partial charge is 0.330 e. The Balaban J connectivity index is 2.29. The highest BCUT2D eigenvalue weighted by Crippen LogP contribution is 2.35. The van der Waals surface area contributed by atoms with Gasteiger partial charge in [-0.15, -0.1) is 11.3 Å². The SMILES string of the molecule is Cc1sc2nc(C(C)C)c(CCN)n2c1-c1ccc(F)cc1. The molecule has 3 rings (SSSR count). The Kier molecular flexibility index (Phi) is 4.02. The van der Waals surface area contributed by atoms with Crippen molar-refractivity contribution in [2.45, 2.75) is 33.1 Å². The summed E-state index contributed by atoms with van der Waals surface area (Å²) < 4.78 is 15.4. The van der Waals surface area contributed by atoms with Crippen molar-refractivity contribution in [3.63, 3.8) is 0 Å². The maximum absolute atomic E-state index is 13.2. The molecule has 3 nitrogen and oxygen atoms in total. The van der Waals surface area contributed by atoms with Crippen molar-refractivity contribution in [3.8, 4) is 11.3 Å². The molecule has 0 radical (unpaired) electrons. The lowest BCUT2D eigenvalue weighted by Gasteiger charge is -2.09. The Hall–Kier alpha value is -1.72. The van der Waals surface area contributed by atoms with Crippen LogP contribution in [0.15, 0.2) is 24.3 Å².